The summed E-state index contributed by atoms with van der Waals surface area (Å²) in [5.41, 5.74) is 3.64. The molecular formula is C27H26F2N2O2. The van der Waals surface area contributed by atoms with E-state index in [1.54, 1.807) is 24.3 Å². The smallest absolute Gasteiger partial charge is 0.188 e. The number of hydrogen-bond acceptors (Lipinski definition) is 4. The summed E-state index contributed by atoms with van der Waals surface area (Å²) in [6, 6.07) is 16.5. The fourth-order valence-electron chi connectivity index (χ4n) is 3.92. The normalized spacial score (nSPS) is 14.6. The number of methoxy groups -OCH3 is 1. The van der Waals surface area contributed by atoms with Crippen LogP contribution in [-0.2, 0) is 0 Å². The van der Waals surface area contributed by atoms with Crippen LogP contribution < -0.4 is 9.64 Å². The lowest BCUT2D eigenvalue weighted by Gasteiger charge is -2.35. The molecule has 0 atom stereocenters. The van der Waals surface area contributed by atoms with Gasteiger partial charge in [-0.2, -0.15) is 0 Å². The summed E-state index contributed by atoms with van der Waals surface area (Å²) in [7, 11) is 3.54. The van der Waals surface area contributed by atoms with Crippen LogP contribution >= 0.6 is 0 Å². The van der Waals surface area contributed by atoms with Gasteiger partial charge in [-0.15, -0.1) is 0 Å². The Morgan fingerprint density at radius 3 is 2.27 bits per heavy atom. The molecule has 1 fully saturated rings. The van der Waals surface area contributed by atoms with Gasteiger partial charge in [0.25, 0.3) is 0 Å². The monoisotopic (exact) mass is 448 g/mol. The Labute approximate surface area is 192 Å². The number of ketones is 1. The molecule has 3 aromatic carbocycles. The maximum atomic E-state index is 14.4. The molecular weight excluding hydrogens is 422 g/mol. The number of halogens is 2. The van der Waals surface area contributed by atoms with E-state index in [2.05, 4.69) is 16.8 Å². The van der Waals surface area contributed by atoms with Crippen LogP contribution in [0.2, 0.25) is 0 Å². The Morgan fingerprint density at radius 1 is 0.909 bits per heavy atom. The number of carbonyl (C=O) groups is 1. The van der Waals surface area contributed by atoms with Gasteiger partial charge in [0.2, 0.25) is 0 Å². The minimum absolute atomic E-state index is 0.0112. The van der Waals surface area contributed by atoms with Gasteiger partial charge >= 0.3 is 0 Å². The molecule has 4 rings (SSSR count). The summed E-state index contributed by atoms with van der Waals surface area (Å²) < 4.78 is 32.7. The topological polar surface area (TPSA) is 32.8 Å². The van der Waals surface area contributed by atoms with Gasteiger partial charge in [0.1, 0.15) is 17.4 Å². The zero-order valence-corrected chi connectivity index (χ0v) is 18.7. The Balaban J connectivity index is 1.68. The van der Waals surface area contributed by atoms with Crippen molar-refractivity contribution < 1.29 is 18.3 Å². The number of ether oxygens (including phenoxy) is 1. The van der Waals surface area contributed by atoms with E-state index in [1.807, 2.05) is 18.2 Å². The zero-order valence-electron chi connectivity index (χ0n) is 18.7. The molecule has 170 valence electrons. The first kappa shape index (κ1) is 22.7. The molecule has 0 amide bonds. The SMILES string of the molecule is COc1ccc(C(=O)C=Cc2cc(-c3ccc(F)cc3)ccc2N2CCN(C)CC2)c(F)c1. The average Bonchev–Trinajstić information content (AvgIpc) is 2.83. The molecule has 1 saturated heterocycles. The van der Waals surface area contributed by atoms with Gasteiger partial charge in [-0.05, 0) is 72.3 Å². The lowest BCUT2D eigenvalue weighted by molar-refractivity contribution is 0.104. The van der Waals surface area contributed by atoms with Gasteiger partial charge in [0.05, 0.1) is 12.7 Å². The summed E-state index contributed by atoms with van der Waals surface area (Å²) >= 11 is 0. The highest BCUT2D eigenvalue weighted by Gasteiger charge is 2.17. The first-order chi connectivity index (χ1) is 15.9. The van der Waals surface area contributed by atoms with Crippen molar-refractivity contribution in [3.05, 3.63) is 89.5 Å². The fourth-order valence-corrected chi connectivity index (χ4v) is 3.92. The first-order valence-corrected chi connectivity index (χ1v) is 10.8. The number of rotatable bonds is 6. The fraction of sp³-hybridized carbons (Fsp3) is 0.222. The highest BCUT2D eigenvalue weighted by molar-refractivity contribution is 6.07. The van der Waals surface area contributed by atoms with E-state index in [0.29, 0.717) is 5.75 Å². The predicted octanol–water partition coefficient (Wildman–Crippen LogP) is 5.29. The molecule has 0 aromatic heterocycles. The second-order valence-corrected chi connectivity index (χ2v) is 8.11. The Kier molecular flexibility index (Phi) is 6.84. The molecule has 33 heavy (non-hydrogen) atoms. The van der Waals surface area contributed by atoms with Crippen molar-refractivity contribution >= 4 is 17.5 Å². The maximum Gasteiger partial charge on any atom is 0.188 e. The zero-order chi connectivity index (χ0) is 23.4. The molecule has 0 N–H and O–H groups in total. The molecule has 1 aliphatic heterocycles. The minimum Gasteiger partial charge on any atom is -0.497 e. The summed E-state index contributed by atoms with van der Waals surface area (Å²) in [5.74, 6) is -0.979. The molecule has 6 heteroatoms. The number of nitrogens with zero attached hydrogens (tertiary/aromatic N) is 2. The van der Waals surface area contributed by atoms with Crippen LogP contribution in [0.1, 0.15) is 15.9 Å². The molecule has 1 aliphatic rings. The quantitative estimate of drug-likeness (QED) is 0.379. The van der Waals surface area contributed by atoms with Crippen molar-refractivity contribution in [3.63, 3.8) is 0 Å². The number of piperazine rings is 1. The molecule has 0 bridgehead atoms. The van der Waals surface area contributed by atoms with E-state index in [4.69, 9.17) is 4.74 Å². The van der Waals surface area contributed by atoms with Crippen LogP contribution in [-0.4, -0.2) is 51.0 Å². The number of likely N-dealkylation sites (N-methyl/N-ethyl adjacent to an activating group) is 1. The first-order valence-electron chi connectivity index (χ1n) is 10.8. The van der Waals surface area contributed by atoms with Crippen LogP contribution in [0.25, 0.3) is 17.2 Å². The minimum atomic E-state index is -0.622. The van der Waals surface area contributed by atoms with Crippen molar-refractivity contribution in [2.24, 2.45) is 0 Å². The second kappa shape index (κ2) is 9.96. The lowest BCUT2D eigenvalue weighted by atomic mass is 10.00. The number of allylic oxidation sites excluding steroid dienone is 1. The lowest BCUT2D eigenvalue weighted by Crippen LogP contribution is -2.44. The highest BCUT2D eigenvalue weighted by Crippen LogP contribution is 2.30. The molecule has 0 spiro atoms. The van der Waals surface area contributed by atoms with Crippen LogP contribution in [0.15, 0.2) is 66.7 Å². The summed E-state index contributed by atoms with van der Waals surface area (Å²) in [5, 5.41) is 0. The highest BCUT2D eigenvalue weighted by atomic mass is 19.1. The van der Waals surface area contributed by atoms with Crippen molar-refractivity contribution in [1.82, 2.24) is 4.90 Å². The molecule has 0 unspecified atom stereocenters. The summed E-state index contributed by atoms with van der Waals surface area (Å²) in [4.78, 5) is 17.3. The third kappa shape index (κ3) is 5.29. The molecule has 0 saturated carbocycles. The summed E-state index contributed by atoms with van der Waals surface area (Å²) in [6.45, 7) is 3.63. The molecule has 3 aromatic rings. The van der Waals surface area contributed by atoms with Crippen LogP contribution in [0.5, 0.6) is 5.75 Å². The number of benzene rings is 3. The van der Waals surface area contributed by atoms with Crippen LogP contribution in [0, 0.1) is 11.6 Å². The van der Waals surface area contributed by atoms with Crippen molar-refractivity contribution in [1.29, 1.82) is 0 Å². The van der Waals surface area contributed by atoms with Crippen LogP contribution in [0.4, 0.5) is 14.5 Å². The van der Waals surface area contributed by atoms with Gasteiger partial charge in [0.15, 0.2) is 5.78 Å². The Hall–Kier alpha value is -3.51. The van der Waals surface area contributed by atoms with Gasteiger partial charge in [0, 0.05) is 37.9 Å². The molecule has 4 nitrogen and oxygen atoms in total. The maximum absolute atomic E-state index is 14.4. The van der Waals surface area contributed by atoms with E-state index < -0.39 is 11.6 Å². The number of carbonyl (C=O) groups excluding carboxylic acids is 1. The third-order valence-corrected chi connectivity index (χ3v) is 5.91. The van der Waals surface area contributed by atoms with Crippen molar-refractivity contribution in [3.8, 4) is 16.9 Å². The van der Waals surface area contributed by atoms with Crippen molar-refractivity contribution in [2.75, 3.05) is 45.2 Å². The van der Waals surface area contributed by atoms with Gasteiger partial charge in [-0.25, -0.2) is 8.78 Å². The van der Waals surface area contributed by atoms with Gasteiger partial charge in [-0.1, -0.05) is 18.2 Å². The Morgan fingerprint density at radius 2 is 1.61 bits per heavy atom. The van der Waals surface area contributed by atoms with E-state index in [-0.39, 0.29) is 11.4 Å². The molecule has 0 aliphatic carbocycles. The summed E-state index contributed by atoms with van der Waals surface area (Å²) in [6.07, 6.45) is 3.13. The second-order valence-electron chi connectivity index (χ2n) is 8.11. The van der Waals surface area contributed by atoms with Gasteiger partial charge in [-0.3, -0.25) is 4.79 Å². The number of hydrogen-bond donors (Lipinski definition) is 0. The van der Waals surface area contributed by atoms with E-state index in [0.717, 1.165) is 48.6 Å². The Bertz CT molecular complexity index is 1170. The predicted molar refractivity (Wildman–Crippen MR) is 128 cm³/mol. The molecule has 0 radical (unpaired) electrons. The van der Waals surface area contributed by atoms with Crippen LogP contribution in [0.3, 0.4) is 0 Å². The standard InChI is InChI=1S/C27H26F2N2O2/c1-30-13-15-31(16-14-30)26-11-5-20(19-3-7-22(28)8-4-19)17-21(26)6-12-27(32)24-10-9-23(33-2)18-25(24)29/h3-12,17-18H,13-16H2,1-2H3. The molecule has 1 heterocycles. The average molecular weight is 449 g/mol. The third-order valence-electron chi connectivity index (χ3n) is 5.91. The largest absolute Gasteiger partial charge is 0.497 e. The van der Waals surface area contributed by atoms with E-state index in [9.17, 15) is 13.6 Å². The van der Waals surface area contributed by atoms with E-state index in [1.165, 1.54) is 37.5 Å². The van der Waals surface area contributed by atoms with Crippen molar-refractivity contribution in [2.45, 2.75) is 0 Å². The van der Waals surface area contributed by atoms with Gasteiger partial charge < -0.3 is 14.5 Å². The van der Waals surface area contributed by atoms with E-state index >= 15 is 0 Å². The number of anilines is 1.